The van der Waals surface area contributed by atoms with Crippen LogP contribution in [0.3, 0.4) is 0 Å². The molecule has 0 spiro atoms. The van der Waals surface area contributed by atoms with Gasteiger partial charge in [0.05, 0.1) is 13.1 Å². The molecule has 1 unspecified atom stereocenters. The summed E-state index contributed by atoms with van der Waals surface area (Å²) < 4.78 is 12.6. The molecule has 2 rings (SSSR count). The number of nitrogens with zero attached hydrogens (tertiary/aromatic N) is 1. The predicted molar refractivity (Wildman–Crippen MR) is 53.8 cm³/mol. The molecule has 0 fully saturated rings. The van der Waals surface area contributed by atoms with Crippen LogP contribution in [0.2, 0.25) is 0 Å². The number of nitrogen functional groups attached to an aromatic ring is 1. The van der Waals surface area contributed by atoms with Crippen molar-refractivity contribution in [3.05, 3.63) is 23.4 Å². The van der Waals surface area contributed by atoms with Crippen molar-refractivity contribution in [3.63, 3.8) is 0 Å². The Bertz CT molecular complexity index is 514. The van der Waals surface area contributed by atoms with Crippen molar-refractivity contribution in [1.29, 1.82) is 0 Å². The number of anilines is 1. The number of rotatable bonds is 1. The summed E-state index contributed by atoms with van der Waals surface area (Å²) in [5, 5.41) is 14.2. The highest BCUT2D eigenvalue weighted by atomic mass is 16.5. The SMILES string of the molecule is [2H]C(C)(O)c1cc2c(C)noc2cc1N. The number of aromatic nitrogens is 1. The Morgan fingerprint density at radius 3 is 3.00 bits per heavy atom. The highest BCUT2D eigenvalue weighted by molar-refractivity contribution is 5.84. The van der Waals surface area contributed by atoms with E-state index in [-0.39, 0.29) is 0 Å². The first-order valence-corrected chi connectivity index (χ1v) is 4.28. The highest BCUT2D eigenvalue weighted by Crippen LogP contribution is 2.28. The molecule has 1 heterocycles. The lowest BCUT2D eigenvalue weighted by Gasteiger charge is -2.07. The van der Waals surface area contributed by atoms with Crippen LogP contribution >= 0.6 is 0 Å². The van der Waals surface area contributed by atoms with E-state index in [1.54, 1.807) is 19.1 Å². The molecule has 0 amide bonds. The molecule has 74 valence electrons. The number of aryl methyl sites for hydroxylation is 1. The first-order valence-electron chi connectivity index (χ1n) is 4.78. The fourth-order valence-corrected chi connectivity index (χ4v) is 1.43. The van der Waals surface area contributed by atoms with Gasteiger partial charge in [0.15, 0.2) is 5.58 Å². The first kappa shape index (κ1) is 7.82. The third-order valence-corrected chi connectivity index (χ3v) is 2.21. The minimum absolute atomic E-state index is 0.332. The van der Waals surface area contributed by atoms with Crippen molar-refractivity contribution >= 4 is 16.7 Å². The number of aliphatic hydroxyl groups is 1. The van der Waals surface area contributed by atoms with Crippen LogP contribution in [0.1, 0.15) is 25.6 Å². The molecule has 0 radical (unpaired) electrons. The molecule has 0 aliphatic carbocycles. The fourth-order valence-electron chi connectivity index (χ4n) is 1.43. The molecule has 1 aromatic heterocycles. The van der Waals surface area contributed by atoms with Gasteiger partial charge in [-0.05, 0) is 19.9 Å². The van der Waals surface area contributed by atoms with E-state index in [1.165, 1.54) is 6.92 Å². The van der Waals surface area contributed by atoms with Gasteiger partial charge in [-0.2, -0.15) is 0 Å². The monoisotopic (exact) mass is 193 g/mol. The minimum atomic E-state index is -1.71. The quantitative estimate of drug-likeness (QED) is 0.677. The topological polar surface area (TPSA) is 72.3 Å². The number of benzene rings is 1. The molecule has 1 atom stereocenters. The summed E-state index contributed by atoms with van der Waals surface area (Å²) in [6, 6.07) is 3.22. The molecular formula is C10H12N2O2. The lowest BCUT2D eigenvalue weighted by Crippen LogP contribution is -1.98. The standard InChI is InChI=1S/C10H12N2O2/c1-5-7-3-8(6(2)13)9(11)4-10(7)14-12-5/h3-4,6,13H,11H2,1-2H3/i6D. The molecule has 4 heteroatoms. The zero-order chi connectivity index (χ0) is 11.2. The Balaban J connectivity index is 2.76. The Labute approximate surface area is 82.7 Å². The van der Waals surface area contributed by atoms with Gasteiger partial charge in [0.2, 0.25) is 0 Å². The molecule has 0 saturated carbocycles. The molecule has 0 aliphatic heterocycles. The Kier molecular flexibility index (Phi) is 1.67. The second-order valence-corrected chi connectivity index (χ2v) is 3.29. The number of nitrogens with two attached hydrogens (primary N) is 1. The molecule has 0 saturated heterocycles. The fraction of sp³-hybridized carbons (Fsp3) is 0.300. The van der Waals surface area contributed by atoms with Gasteiger partial charge in [0.1, 0.15) is 0 Å². The van der Waals surface area contributed by atoms with Gasteiger partial charge >= 0.3 is 0 Å². The molecule has 3 N–H and O–H groups in total. The maximum absolute atomic E-state index is 9.59. The van der Waals surface area contributed by atoms with Crippen LogP contribution in [0.25, 0.3) is 11.0 Å². The van der Waals surface area contributed by atoms with E-state index in [2.05, 4.69) is 5.16 Å². The van der Waals surface area contributed by atoms with Crippen LogP contribution in [0.15, 0.2) is 16.7 Å². The van der Waals surface area contributed by atoms with Crippen LogP contribution in [-0.4, -0.2) is 10.3 Å². The van der Waals surface area contributed by atoms with E-state index in [9.17, 15) is 5.11 Å². The first-order chi connectivity index (χ1) is 6.89. The van der Waals surface area contributed by atoms with E-state index in [1.807, 2.05) is 0 Å². The average molecular weight is 193 g/mol. The molecule has 14 heavy (non-hydrogen) atoms. The molecular weight excluding hydrogens is 180 g/mol. The van der Waals surface area contributed by atoms with E-state index in [0.29, 0.717) is 16.8 Å². The number of hydrogen-bond donors (Lipinski definition) is 2. The van der Waals surface area contributed by atoms with Gasteiger partial charge in [-0.1, -0.05) is 5.16 Å². The largest absolute Gasteiger partial charge is 0.398 e. The molecule has 0 aliphatic rings. The Morgan fingerprint density at radius 1 is 1.64 bits per heavy atom. The smallest absolute Gasteiger partial charge is 0.169 e. The normalized spacial score (nSPS) is 16.6. The maximum Gasteiger partial charge on any atom is 0.169 e. The van der Waals surface area contributed by atoms with Gasteiger partial charge in [-0.3, -0.25) is 0 Å². The summed E-state index contributed by atoms with van der Waals surface area (Å²) >= 11 is 0. The van der Waals surface area contributed by atoms with Gasteiger partial charge in [0.25, 0.3) is 0 Å². The van der Waals surface area contributed by atoms with E-state index in [0.717, 1.165) is 11.1 Å². The van der Waals surface area contributed by atoms with Crippen molar-refractivity contribution in [2.45, 2.75) is 19.9 Å². The summed E-state index contributed by atoms with van der Waals surface area (Å²) in [6.45, 7) is 3.16. The van der Waals surface area contributed by atoms with Crippen LogP contribution in [0, 0.1) is 6.92 Å². The second-order valence-electron chi connectivity index (χ2n) is 3.29. The summed E-state index contributed by atoms with van der Waals surface area (Å²) in [5.74, 6) is 0. The molecule has 1 aromatic carbocycles. The highest BCUT2D eigenvalue weighted by Gasteiger charge is 2.11. The number of fused-ring (bicyclic) bond motifs is 1. The maximum atomic E-state index is 9.59. The molecule has 0 bridgehead atoms. The van der Waals surface area contributed by atoms with Crippen molar-refractivity contribution < 1.29 is 11.0 Å². The Morgan fingerprint density at radius 2 is 2.36 bits per heavy atom. The van der Waals surface area contributed by atoms with Crippen molar-refractivity contribution in [2.75, 3.05) is 5.73 Å². The van der Waals surface area contributed by atoms with Gasteiger partial charge in [0, 0.05) is 22.7 Å². The summed E-state index contributed by atoms with van der Waals surface area (Å²) in [5.41, 5.74) is 7.69. The van der Waals surface area contributed by atoms with Crippen LogP contribution < -0.4 is 5.73 Å². The van der Waals surface area contributed by atoms with Gasteiger partial charge in [-0.25, -0.2) is 0 Å². The average Bonchev–Trinajstić information content (AvgIpc) is 2.44. The lowest BCUT2D eigenvalue weighted by atomic mass is 10.1. The van der Waals surface area contributed by atoms with E-state index in [4.69, 9.17) is 11.6 Å². The van der Waals surface area contributed by atoms with Crippen LogP contribution in [0.4, 0.5) is 5.69 Å². The third-order valence-electron chi connectivity index (χ3n) is 2.21. The van der Waals surface area contributed by atoms with Crippen LogP contribution in [-0.2, 0) is 0 Å². The van der Waals surface area contributed by atoms with Crippen molar-refractivity contribution in [3.8, 4) is 0 Å². The van der Waals surface area contributed by atoms with Gasteiger partial charge < -0.3 is 15.4 Å². The molecule has 4 nitrogen and oxygen atoms in total. The lowest BCUT2D eigenvalue weighted by molar-refractivity contribution is 0.200. The molecule has 2 aromatic rings. The Hall–Kier alpha value is -1.55. The third kappa shape index (κ3) is 1.24. The second kappa shape index (κ2) is 2.99. The summed E-state index contributed by atoms with van der Waals surface area (Å²) in [4.78, 5) is 0. The van der Waals surface area contributed by atoms with Crippen LogP contribution in [0.5, 0.6) is 0 Å². The van der Waals surface area contributed by atoms with Gasteiger partial charge in [-0.15, -0.1) is 0 Å². The summed E-state index contributed by atoms with van der Waals surface area (Å²) in [6.07, 6.45) is -1.71. The van der Waals surface area contributed by atoms with E-state index < -0.39 is 6.08 Å². The van der Waals surface area contributed by atoms with Crippen molar-refractivity contribution in [2.24, 2.45) is 0 Å². The summed E-state index contributed by atoms with van der Waals surface area (Å²) in [7, 11) is 0. The number of hydrogen-bond acceptors (Lipinski definition) is 4. The van der Waals surface area contributed by atoms with Crippen molar-refractivity contribution in [1.82, 2.24) is 5.16 Å². The minimum Gasteiger partial charge on any atom is -0.398 e. The zero-order valence-electron chi connectivity index (χ0n) is 9.03. The predicted octanol–water partition coefficient (Wildman–Crippen LogP) is 1.77. The zero-order valence-corrected chi connectivity index (χ0v) is 8.03. The van der Waals surface area contributed by atoms with E-state index >= 15 is 0 Å².